The number of halogens is 2. The summed E-state index contributed by atoms with van der Waals surface area (Å²) in [5.74, 6) is -2.44. The molecule has 2 N–H and O–H groups in total. The minimum absolute atomic E-state index is 0.0361. The number of carbonyl (C=O) groups is 4. The van der Waals surface area contributed by atoms with Gasteiger partial charge in [0.15, 0.2) is 0 Å². The second-order valence-corrected chi connectivity index (χ2v) is 21.5. The lowest BCUT2D eigenvalue weighted by atomic mass is 9.59. The second kappa shape index (κ2) is 17.7. The van der Waals surface area contributed by atoms with Gasteiger partial charge < -0.3 is 29.6 Å². The summed E-state index contributed by atoms with van der Waals surface area (Å²) in [5.41, 5.74) is 0.182. The number of amides is 2. The third-order valence-corrected chi connectivity index (χ3v) is 14.5. The van der Waals surface area contributed by atoms with Crippen molar-refractivity contribution in [3.05, 3.63) is 58.2 Å². The number of carbonyl (C=O) groups excluding carboxylic acids is 4. The Morgan fingerprint density at radius 2 is 0.935 bits per heavy atom. The van der Waals surface area contributed by atoms with Crippen molar-refractivity contribution in [2.24, 2.45) is 23.7 Å². The van der Waals surface area contributed by atoms with E-state index in [1.54, 1.807) is 12.1 Å². The van der Waals surface area contributed by atoms with E-state index >= 15 is 8.78 Å². The Bertz CT molecular complexity index is 1890. The number of fused-ring (bicyclic) bond motifs is 8. The SMILES string of the molecule is CC(C)(C)OC(=O)N[C@H]1[C@H]2CCCCC[C@]1(C)c1cc(OC(=O)[C@H]3CC[C@H](C(=O)Oc4cc(F)c5c(c4)[C@@]4(C)CCCCC[C@@H](C5)[C@@H]4NC(=O)OC(C)(C)C)CC3)cc(F)c1C2. The Balaban J connectivity index is 1.01. The molecule has 12 heteroatoms. The molecule has 6 atom stereocenters. The Kier molecular flexibility index (Phi) is 13.1. The number of ether oxygens (including phenoxy) is 4. The Labute approximate surface area is 366 Å². The van der Waals surface area contributed by atoms with E-state index in [0.29, 0.717) is 49.7 Å². The fraction of sp³-hybridized carbons (Fsp3) is 0.680. The summed E-state index contributed by atoms with van der Waals surface area (Å²) in [7, 11) is 0. The first-order valence-electron chi connectivity index (χ1n) is 23.2. The van der Waals surface area contributed by atoms with Crippen molar-refractivity contribution in [3.63, 3.8) is 0 Å². The van der Waals surface area contributed by atoms with Crippen LogP contribution in [0.5, 0.6) is 11.5 Å². The third kappa shape index (κ3) is 9.94. The van der Waals surface area contributed by atoms with Gasteiger partial charge in [-0.05, 0) is 152 Å². The quantitative estimate of drug-likeness (QED) is 0.217. The van der Waals surface area contributed by atoms with E-state index in [9.17, 15) is 19.2 Å². The van der Waals surface area contributed by atoms with E-state index in [1.165, 1.54) is 12.1 Å². The van der Waals surface area contributed by atoms with Crippen LogP contribution in [0.25, 0.3) is 0 Å². The summed E-state index contributed by atoms with van der Waals surface area (Å²) < 4.78 is 55.2. The largest absolute Gasteiger partial charge is 0.444 e. The zero-order valence-corrected chi connectivity index (χ0v) is 38.1. The fourth-order valence-corrected chi connectivity index (χ4v) is 11.6. The van der Waals surface area contributed by atoms with Gasteiger partial charge in [-0.1, -0.05) is 52.4 Å². The lowest BCUT2D eigenvalue weighted by molar-refractivity contribution is -0.145. The lowest BCUT2D eigenvalue weighted by Gasteiger charge is -2.49. The van der Waals surface area contributed by atoms with Crippen LogP contribution in [0.1, 0.15) is 168 Å². The average molecular weight is 863 g/mol. The molecule has 0 spiro atoms. The molecule has 5 aliphatic rings. The van der Waals surface area contributed by atoms with E-state index in [2.05, 4.69) is 24.5 Å². The summed E-state index contributed by atoms with van der Waals surface area (Å²) in [4.78, 5) is 53.5. The maximum absolute atomic E-state index is 16.0. The normalized spacial score (nSPS) is 29.8. The highest BCUT2D eigenvalue weighted by molar-refractivity contribution is 5.78. The minimum Gasteiger partial charge on any atom is -0.444 e. The van der Waals surface area contributed by atoms with Gasteiger partial charge in [0.25, 0.3) is 0 Å². The van der Waals surface area contributed by atoms with Crippen molar-refractivity contribution >= 4 is 24.1 Å². The topological polar surface area (TPSA) is 129 Å². The molecule has 7 rings (SSSR count). The number of hydrogen-bond donors (Lipinski definition) is 2. The molecular weight excluding hydrogens is 795 g/mol. The van der Waals surface area contributed by atoms with Gasteiger partial charge in [-0.3, -0.25) is 9.59 Å². The molecule has 0 saturated heterocycles. The van der Waals surface area contributed by atoms with Crippen molar-refractivity contribution in [3.8, 4) is 11.5 Å². The number of esters is 2. The lowest BCUT2D eigenvalue weighted by Crippen LogP contribution is -2.57. The minimum atomic E-state index is -0.667. The zero-order valence-electron chi connectivity index (χ0n) is 38.1. The van der Waals surface area contributed by atoms with Crippen LogP contribution >= 0.6 is 0 Å². The number of nitrogens with one attached hydrogen (secondary N) is 2. The van der Waals surface area contributed by atoms with E-state index in [1.807, 2.05) is 41.5 Å². The Morgan fingerprint density at radius 1 is 0.565 bits per heavy atom. The van der Waals surface area contributed by atoms with Crippen molar-refractivity contribution in [1.82, 2.24) is 10.6 Å². The molecule has 0 aliphatic heterocycles. The fourth-order valence-electron chi connectivity index (χ4n) is 11.6. The Hall–Kier alpha value is -4.22. The van der Waals surface area contributed by atoms with Gasteiger partial charge in [-0.15, -0.1) is 0 Å². The molecular formula is C50H68F2N2O8. The highest BCUT2D eigenvalue weighted by Crippen LogP contribution is 2.50. The van der Waals surface area contributed by atoms with Gasteiger partial charge in [0.1, 0.15) is 34.3 Å². The molecule has 0 unspecified atom stereocenters. The molecule has 2 amide bonds. The monoisotopic (exact) mass is 862 g/mol. The molecule has 10 nitrogen and oxygen atoms in total. The molecule has 0 heterocycles. The molecule has 340 valence electrons. The summed E-state index contributed by atoms with van der Waals surface area (Å²) >= 11 is 0. The maximum Gasteiger partial charge on any atom is 0.407 e. The molecule has 0 radical (unpaired) electrons. The third-order valence-electron chi connectivity index (χ3n) is 14.5. The first kappa shape index (κ1) is 45.8. The predicted molar refractivity (Wildman–Crippen MR) is 231 cm³/mol. The number of rotatable bonds is 6. The van der Waals surface area contributed by atoms with Crippen LogP contribution in [0, 0.1) is 35.3 Å². The smallest absolute Gasteiger partial charge is 0.407 e. The average Bonchev–Trinajstić information content (AvgIpc) is 3.16. The maximum atomic E-state index is 16.0. The molecule has 3 saturated carbocycles. The molecule has 3 fully saturated rings. The zero-order chi connectivity index (χ0) is 44.8. The summed E-state index contributed by atoms with van der Waals surface area (Å²) in [6.07, 6.45) is 10.6. The van der Waals surface area contributed by atoms with Crippen molar-refractivity contribution in [2.45, 2.75) is 192 Å². The van der Waals surface area contributed by atoms with Crippen LogP contribution in [-0.4, -0.2) is 47.4 Å². The van der Waals surface area contributed by atoms with E-state index in [4.69, 9.17) is 18.9 Å². The molecule has 62 heavy (non-hydrogen) atoms. The van der Waals surface area contributed by atoms with Crippen molar-refractivity contribution in [2.75, 3.05) is 0 Å². The van der Waals surface area contributed by atoms with Crippen molar-refractivity contribution < 1.29 is 46.9 Å². The highest BCUT2D eigenvalue weighted by Gasteiger charge is 2.50. The summed E-state index contributed by atoms with van der Waals surface area (Å²) in [6.45, 7) is 15.1. The second-order valence-electron chi connectivity index (χ2n) is 21.5. The van der Waals surface area contributed by atoms with Crippen LogP contribution in [0.4, 0.5) is 18.4 Å². The van der Waals surface area contributed by atoms with Crippen LogP contribution in [0.15, 0.2) is 24.3 Å². The van der Waals surface area contributed by atoms with E-state index in [0.717, 1.165) is 75.3 Å². The van der Waals surface area contributed by atoms with E-state index < -0.39 is 69.6 Å². The molecule has 2 aromatic carbocycles. The van der Waals surface area contributed by atoms with Crippen LogP contribution < -0.4 is 20.1 Å². The number of hydrogen-bond acceptors (Lipinski definition) is 8. The van der Waals surface area contributed by atoms with Gasteiger partial charge in [0, 0.05) is 35.0 Å². The molecule has 4 bridgehead atoms. The first-order valence-corrected chi connectivity index (χ1v) is 23.2. The summed E-state index contributed by atoms with van der Waals surface area (Å²) in [5, 5.41) is 6.33. The molecule has 2 aromatic rings. The highest BCUT2D eigenvalue weighted by atomic mass is 19.1. The van der Waals surface area contributed by atoms with Gasteiger partial charge in [0.2, 0.25) is 0 Å². The van der Waals surface area contributed by atoms with Gasteiger partial charge in [-0.25, -0.2) is 18.4 Å². The Morgan fingerprint density at radius 3 is 1.29 bits per heavy atom. The van der Waals surface area contributed by atoms with Crippen LogP contribution in [-0.2, 0) is 42.7 Å². The van der Waals surface area contributed by atoms with Crippen LogP contribution in [0.2, 0.25) is 0 Å². The number of alkyl carbamates (subject to hydrolysis) is 2. The molecule has 5 aliphatic carbocycles. The van der Waals surface area contributed by atoms with Crippen molar-refractivity contribution in [1.29, 1.82) is 0 Å². The number of benzene rings is 2. The van der Waals surface area contributed by atoms with Gasteiger partial charge in [-0.2, -0.15) is 0 Å². The van der Waals surface area contributed by atoms with Gasteiger partial charge >= 0.3 is 24.1 Å². The standard InChI is InChI=1S/C50H68F2N2O8/c1-47(2,3)61-45(57)53-41-31-15-11-9-13-21-49(41,7)37-25-33(27-39(51)35(37)23-31)59-43(55)29-17-19-30(20-18-29)44(56)60-34-26-38-36(40(52)28-34)24-32-16-12-10-14-22-50(38,8)42(32)54-46(58)62-48(4,5)6/h25-32,41-42H,9-24H2,1-8H3,(H,53,57)(H,54,58)/t29-,30-,31-,32-,41-,42-,49+,50+/m0/s1. The first-order chi connectivity index (χ1) is 29.1. The van der Waals surface area contributed by atoms with Crippen LogP contribution in [0.3, 0.4) is 0 Å². The van der Waals surface area contributed by atoms with E-state index in [-0.39, 0.29) is 35.4 Å². The summed E-state index contributed by atoms with van der Waals surface area (Å²) in [6, 6.07) is 5.61. The molecule has 0 aromatic heterocycles. The predicted octanol–water partition coefficient (Wildman–Crippen LogP) is 10.9. The van der Waals surface area contributed by atoms with Gasteiger partial charge in [0.05, 0.1) is 11.8 Å².